The van der Waals surface area contributed by atoms with Gasteiger partial charge in [0, 0.05) is 37.6 Å². The van der Waals surface area contributed by atoms with Crippen molar-refractivity contribution < 1.29 is 0 Å². The average Bonchev–Trinajstić information content (AvgIpc) is 3.43. The minimum absolute atomic E-state index is 0.0513. The number of aromatic nitrogens is 3. The molecule has 1 aromatic carbocycles. The maximum atomic E-state index is 9.39. The van der Waals surface area contributed by atoms with Crippen LogP contribution in [0.2, 0.25) is 0 Å². The topological polar surface area (TPSA) is 94.6 Å². The quantitative estimate of drug-likeness (QED) is 0.534. The van der Waals surface area contributed by atoms with Gasteiger partial charge in [-0.2, -0.15) is 5.26 Å². The molecule has 2 aromatic heterocycles. The Morgan fingerprint density at radius 2 is 2.12 bits per heavy atom. The molecule has 0 spiro atoms. The number of benzene rings is 1. The first-order valence-electron chi connectivity index (χ1n) is 12.0. The summed E-state index contributed by atoms with van der Waals surface area (Å²) in [6, 6.07) is 12.6. The van der Waals surface area contributed by atoms with E-state index in [1.54, 1.807) is 0 Å². The second-order valence-electron chi connectivity index (χ2n) is 9.06. The minimum atomic E-state index is 0.0513. The molecule has 0 fully saturated rings. The van der Waals surface area contributed by atoms with Gasteiger partial charge >= 0.3 is 0 Å². The van der Waals surface area contributed by atoms with Crippen molar-refractivity contribution in [2.75, 3.05) is 0 Å². The highest BCUT2D eigenvalue weighted by Gasteiger charge is 2.37. The molecule has 0 radical (unpaired) electrons. The fourth-order valence-corrected chi connectivity index (χ4v) is 5.43. The number of allylic oxidation sites excluding steroid dienone is 3. The molecule has 0 amide bonds. The van der Waals surface area contributed by atoms with Crippen LogP contribution in [-0.2, 0) is 19.5 Å². The lowest BCUT2D eigenvalue weighted by Gasteiger charge is -2.42. The molecule has 0 saturated heterocycles. The Hall–Kier alpha value is -3.53. The number of nitrogens with zero attached hydrogens (tertiary/aromatic N) is 4. The number of hydrogen-bond acceptors (Lipinski definition) is 5. The lowest BCUT2D eigenvalue weighted by Crippen LogP contribution is -2.39. The van der Waals surface area contributed by atoms with Crippen LogP contribution in [0.15, 0.2) is 73.2 Å². The minimum Gasteiger partial charge on any atom is -0.347 e. The van der Waals surface area contributed by atoms with E-state index in [1.807, 2.05) is 36.8 Å². The normalized spacial score (nSPS) is 20.1. The average molecular weight is 451 g/mol. The fraction of sp³-hybridized carbons (Fsp3) is 0.321. The summed E-state index contributed by atoms with van der Waals surface area (Å²) in [6.07, 6.45) is 18.6. The number of rotatable bonds is 7. The zero-order valence-electron chi connectivity index (χ0n) is 19.3. The zero-order chi connectivity index (χ0) is 23.3. The second-order valence-corrected chi connectivity index (χ2v) is 9.06. The van der Waals surface area contributed by atoms with Crippen molar-refractivity contribution in [3.8, 4) is 6.07 Å². The molecule has 2 aliphatic carbocycles. The summed E-state index contributed by atoms with van der Waals surface area (Å²) in [7, 11) is 0. The number of imidazole rings is 1. The van der Waals surface area contributed by atoms with E-state index in [0.29, 0.717) is 18.7 Å². The van der Waals surface area contributed by atoms with Gasteiger partial charge in [-0.05, 0) is 60.6 Å². The summed E-state index contributed by atoms with van der Waals surface area (Å²) in [5, 5.41) is 9.39. The van der Waals surface area contributed by atoms with Gasteiger partial charge in [0.05, 0.1) is 29.4 Å². The van der Waals surface area contributed by atoms with Gasteiger partial charge in [-0.3, -0.25) is 9.88 Å². The van der Waals surface area contributed by atoms with Gasteiger partial charge in [0.25, 0.3) is 0 Å². The van der Waals surface area contributed by atoms with Crippen molar-refractivity contribution in [2.45, 2.75) is 50.9 Å². The smallest absolute Gasteiger partial charge is 0.124 e. The molecule has 0 aliphatic heterocycles. The monoisotopic (exact) mass is 450 g/mol. The molecular formula is C28H30N6. The van der Waals surface area contributed by atoms with Crippen molar-refractivity contribution in [1.82, 2.24) is 19.9 Å². The van der Waals surface area contributed by atoms with E-state index in [0.717, 1.165) is 42.6 Å². The molecule has 3 aromatic rings. The number of aryl methyl sites for hydroxylation is 1. The Balaban J connectivity index is 1.62. The summed E-state index contributed by atoms with van der Waals surface area (Å²) in [4.78, 5) is 15.6. The van der Waals surface area contributed by atoms with Gasteiger partial charge < -0.3 is 10.7 Å². The number of pyridine rings is 1. The van der Waals surface area contributed by atoms with Crippen molar-refractivity contribution in [3.05, 3.63) is 107 Å². The largest absolute Gasteiger partial charge is 0.347 e. The van der Waals surface area contributed by atoms with Crippen molar-refractivity contribution in [1.29, 1.82) is 5.26 Å². The number of hydrogen-bond donors (Lipinski definition) is 2. The summed E-state index contributed by atoms with van der Waals surface area (Å²) >= 11 is 0. The van der Waals surface area contributed by atoms with Crippen molar-refractivity contribution in [2.24, 2.45) is 11.7 Å². The number of nitrogens with one attached hydrogen (secondary N) is 1. The Bertz CT molecular complexity index is 1220. The third-order valence-electron chi connectivity index (χ3n) is 7.05. The van der Waals surface area contributed by atoms with E-state index in [-0.39, 0.29) is 18.0 Å². The van der Waals surface area contributed by atoms with Crippen LogP contribution in [0.3, 0.4) is 0 Å². The van der Waals surface area contributed by atoms with Gasteiger partial charge in [-0.25, -0.2) is 4.98 Å². The molecule has 6 nitrogen and oxygen atoms in total. The van der Waals surface area contributed by atoms with E-state index < -0.39 is 0 Å². The van der Waals surface area contributed by atoms with Crippen LogP contribution in [-0.4, -0.2) is 19.9 Å². The van der Waals surface area contributed by atoms with Gasteiger partial charge in [0.1, 0.15) is 5.82 Å². The van der Waals surface area contributed by atoms with Crippen LogP contribution < -0.4 is 5.73 Å². The number of H-pyrrole nitrogens is 1. The first-order chi connectivity index (χ1) is 16.8. The molecule has 172 valence electrons. The second kappa shape index (κ2) is 10.2. The van der Waals surface area contributed by atoms with Crippen LogP contribution in [0, 0.1) is 17.2 Å². The van der Waals surface area contributed by atoms with E-state index in [2.05, 4.69) is 52.4 Å². The maximum Gasteiger partial charge on any atom is 0.124 e. The molecule has 5 rings (SSSR count). The van der Waals surface area contributed by atoms with Crippen LogP contribution >= 0.6 is 0 Å². The molecule has 3 unspecified atom stereocenters. The highest BCUT2D eigenvalue weighted by atomic mass is 15.2. The predicted octanol–water partition coefficient (Wildman–Crippen LogP) is 4.89. The lowest BCUT2D eigenvalue weighted by atomic mass is 9.85. The van der Waals surface area contributed by atoms with E-state index in [9.17, 15) is 5.26 Å². The maximum absolute atomic E-state index is 9.39. The number of aromatic amines is 1. The zero-order valence-corrected chi connectivity index (χ0v) is 19.3. The molecule has 34 heavy (non-hydrogen) atoms. The fourth-order valence-electron chi connectivity index (χ4n) is 5.43. The Kier molecular flexibility index (Phi) is 6.66. The van der Waals surface area contributed by atoms with Crippen LogP contribution in [0.4, 0.5) is 0 Å². The van der Waals surface area contributed by atoms with Crippen molar-refractivity contribution >= 4 is 0 Å². The summed E-state index contributed by atoms with van der Waals surface area (Å²) in [5.74, 6) is 1.25. The SMILES string of the molecule is N#Cc1ccc(CN(C2CCCc3cccnc32)C(c2ncc[nH]2)C2C=CC=CC2)c(CN)c1. The first kappa shape index (κ1) is 22.3. The Labute approximate surface area is 200 Å². The number of nitriles is 1. The highest BCUT2D eigenvalue weighted by Crippen LogP contribution is 2.43. The highest BCUT2D eigenvalue weighted by molar-refractivity contribution is 5.38. The van der Waals surface area contributed by atoms with Crippen molar-refractivity contribution in [3.63, 3.8) is 0 Å². The molecule has 2 heterocycles. The van der Waals surface area contributed by atoms with E-state index >= 15 is 0 Å². The van der Waals surface area contributed by atoms with Crippen LogP contribution in [0.25, 0.3) is 0 Å². The standard InChI is InChI=1S/C28H30N6/c29-17-20-11-12-23(24(16-20)18-30)19-34(25-10-4-8-21-9-5-13-31-26(21)25)27(28-32-14-15-33-28)22-6-2-1-3-7-22/h1-3,5-6,9,11-16,22,25,27H,4,7-8,10,18-19,30H2,(H,32,33). The summed E-state index contributed by atoms with van der Waals surface area (Å²) in [6.45, 7) is 1.11. The van der Waals surface area contributed by atoms with Gasteiger partial charge in [-0.1, -0.05) is 36.4 Å². The van der Waals surface area contributed by atoms with Gasteiger partial charge in [0.15, 0.2) is 0 Å². The van der Waals surface area contributed by atoms with Gasteiger partial charge in [0.2, 0.25) is 0 Å². The van der Waals surface area contributed by atoms with E-state index in [1.165, 1.54) is 11.3 Å². The molecule has 3 N–H and O–H groups in total. The molecule has 6 heteroatoms. The van der Waals surface area contributed by atoms with Gasteiger partial charge in [-0.15, -0.1) is 0 Å². The first-order valence-corrected chi connectivity index (χ1v) is 12.0. The summed E-state index contributed by atoms with van der Waals surface area (Å²) < 4.78 is 0. The Morgan fingerprint density at radius 3 is 2.88 bits per heavy atom. The van der Waals surface area contributed by atoms with Crippen LogP contribution in [0.1, 0.15) is 65.1 Å². The predicted molar refractivity (Wildman–Crippen MR) is 132 cm³/mol. The third kappa shape index (κ3) is 4.45. The molecular weight excluding hydrogens is 420 g/mol. The van der Waals surface area contributed by atoms with E-state index in [4.69, 9.17) is 15.7 Å². The third-order valence-corrected chi connectivity index (χ3v) is 7.05. The Morgan fingerprint density at radius 1 is 1.18 bits per heavy atom. The molecule has 0 bridgehead atoms. The lowest BCUT2D eigenvalue weighted by molar-refractivity contribution is 0.0757. The molecule has 3 atom stereocenters. The molecule has 2 aliphatic rings. The number of fused-ring (bicyclic) bond motifs is 1. The number of nitrogens with two attached hydrogens (primary N) is 1. The molecule has 0 saturated carbocycles. The van der Waals surface area contributed by atoms with Crippen LogP contribution in [0.5, 0.6) is 0 Å². The summed E-state index contributed by atoms with van der Waals surface area (Å²) in [5.41, 5.74) is 11.4.